The van der Waals surface area contributed by atoms with Crippen molar-refractivity contribution >= 4 is 12.0 Å². The number of carbonyl (C=O) groups is 1. The molecule has 13 heavy (non-hydrogen) atoms. The quantitative estimate of drug-likeness (QED) is 0.679. The molecule has 0 bridgehead atoms. The Labute approximate surface area is 75.3 Å². The molecule has 1 aliphatic carbocycles. The number of aryl methyl sites for hydroxylation is 1. The highest BCUT2D eigenvalue weighted by molar-refractivity contribution is 5.87. The standard InChI is InChI=1S/C7H11N5O/c1-12-6(8-4-9-12)11-7(13)10-5-2-3-5/h4-5H,2-3H2,1H3,(H2,8,9,10,11,13). The van der Waals surface area contributed by atoms with Gasteiger partial charge in [-0.1, -0.05) is 0 Å². The van der Waals surface area contributed by atoms with Crippen LogP contribution in [-0.2, 0) is 7.05 Å². The van der Waals surface area contributed by atoms with E-state index in [9.17, 15) is 4.79 Å². The summed E-state index contributed by atoms with van der Waals surface area (Å²) in [5.74, 6) is 0.457. The second-order valence-corrected chi connectivity index (χ2v) is 3.08. The minimum Gasteiger partial charge on any atom is -0.335 e. The summed E-state index contributed by atoms with van der Waals surface area (Å²) in [7, 11) is 1.72. The number of urea groups is 1. The molecule has 0 atom stereocenters. The van der Waals surface area contributed by atoms with Gasteiger partial charge in [-0.05, 0) is 12.8 Å². The summed E-state index contributed by atoms with van der Waals surface area (Å²) in [6.45, 7) is 0. The molecule has 0 aromatic carbocycles. The lowest BCUT2D eigenvalue weighted by Gasteiger charge is -2.04. The summed E-state index contributed by atoms with van der Waals surface area (Å²) in [6.07, 6.45) is 3.55. The van der Waals surface area contributed by atoms with Crippen LogP contribution in [0.3, 0.4) is 0 Å². The largest absolute Gasteiger partial charge is 0.335 e. The fourth-order valence-corrected chi connectivity index (χ4v) is 0.960. The summed E-state index contributed by atoms with van der Waals surface area (Å²) in [5, 5.41) is 9.22. The highest BCUT2D eigenvalue weighted by Gasteiger charge is 2.23. The number of nitrogens with one attached hydrogen (secondary N) is 2. The van der Waals surface area contributed by atoms with Gasteiger partial charge in [0.05, 0.1) is 0 Å². The molecule has 1 aromatic rings. The highest BCUT2D eigenvalue weighted by atomic mass is 16.2. The highest BCUT2D eigenvalue weighted by Crippen LogP contribution is 2.18. The van der Waals surface area contributed by atoms with E-state index in [-0.39, 0.29) is 6.03 Å². The Hall–Kier alpha value is -1.59. The SMILES string of the molecule is Cn1ncnc1NC(=O)NC1CC1. The Kier molecular flexibility index (Phi) is 1.88. The maximum Gasteiger partial charge on any atom is 0.321 e. The van der Waals surface area contributed by atoms with Crippen LogP contribution < -0.4 is 10.6 Å². The number of nitrogens with zero attached hydrogens (tertiary/aromatic N) is 3. The number of anilines is 1. The number of amides is 2. The summed E-state index contributed by atoms with van der Waals surface area (Å²) in [6, 6.07) is 0.145. The maximum atomic E-state index is 11.2. The van der Waals surface area contributed by atoms with Crippen LogP contribution in [0.5, 0.6) is 0 Å². The first kappa shape index (κ1) is 8.03. The monoisotopic (exact) mass is 181 g/mol. The van der Waals surface area contributed by atoms with Crippen LogP contribution in [0.15, 0.2) is 6.33 Å². The molecule has 1 heterocycles. The van der Waals surface area contributed by atoms with Gasteiger partial charge in [0.1, 0.15) is 6.33 Å². The molecule has 0 radical (unpaired) electrons. The third-order valence-electron chi connectivity index (χ3n) is 1.85. The van der Waals surface area contributed by atoms with E-state index in [1.54, 1.807) is 7.05 Å². The van der Waals surface area contributed by atoms with E-state index < -0.39 is 0 Å². The average Bonchev–Trinajstić information content (AvgIpc) is 2.79. The van der Waals surface area contributed by atoms with E-state index in [1.807, 2.05) is 0 Å². The van der Waals surface area contributed by atoms with E-state index in [1.165, 1.54) is 11.0 Å². The van der Waals surface area contributed by atoms with Crippen LogP contribution in [0.1, 0.15) is 12.8 Å². The first-order chi connectivity index (χ1) is 6.25. The normalized spacial score (nSPS) is 15.5. The molecule has 0 spiro atoms. The number of carbonyl (C=O) groups excluding carboxylic acids is 1. The van der Waals surface area contributed by atoms with Crippen molar-refractivity contribution in [1.29, 1.82) is 0 Å². The van der Waals surface area contributed by atoms with Crippen molar-refractivity contribution in [3.05, 3.63) is 6.33 Å². The second kappa shape index (κ2) is 3.04. The van der Waals surface area contributed by atoms with E-state index >= 15 is 0 Å². The van der Waals surface area contributed by atoms with Crippen LogP contribution in [0.25, 0.3) is 0 Å². The lowest BCUT2D eigenvalue weighted by molar-refractivity contribution is 0.251. The molecule has 2 rings (SSSR count). The molecule has 0 saturated heterocycles. The number of aromatic nitrogens is 3. The first-order valence-electron chi connectivity index (χ1n) is 4.17. The molecule has 70 valence electrons. The minimum atomic E-state index is -0.210. The van der Waals surface area contributed by atoms with Crippen LogP contribution in [0.4, 0.5) is 10.7 Å². The van der Waals surface area contributed by atoms with Gasteiger partial charge >= 0.3 is 6.03 Å². The van der Waals surface area contributed by atoms with Gasteiger partial charge in [0.25, 0.3) is 0 Å². The number of hydrogen-bond acceptors (Lipinski definition) is 3. The van der Waals surface area contributed by atoms with E-state index in [0.29, 0.717) is 12.0 Å². The Morgan fingerprint density at radius 2 is 2.46 bits per heavy atom. The van der Waals surface area contributed by atoms with E-state index in [4.69, 9.17) is 0 Å². The van der Waals surface area contributed by atoms with Crippen molar-refractivity contribution in [2.24, 2.45) is 7.05 Å². The lowest BCUT2D eigenvalue weighted by Crippen LogP contribution is -2.31. The van der Waals surface area contributed by atoms with Crippen molar-refractivity contribution in [1.82, 2.24) is 20.1 Å². The van der Waals surface area contributed by atoms with Gasteiger partial charge in [-0.25, -0.2) is 9.48 Å². The zero-order chi connectivity index (χ0) is 9.26. The minimum absolute atomic E-state index is 0.210. The molecule has 6 nitrogen and oxygen atoms in total. The van der Waals surface area contributed by atoms with Gasteiger partial charge in [-0.15, -0.1) is 0 Å². The van der Waals surface area contributed by atoms with Crippen LogP contribution >= 0.6 is 0 Å². The predicted octanol–water partition coefficient (Wildman–Crippen LogP) is 0.0990. The summed E-state index contributed by atoms with van der Waals surface area (Å²) < 4.78 is 1.51. The predicted molar refractivity (Wildman–Crippen MR) is 46.2 cm³/mol. The molecule has 1 fully saturated rings. The molecule has 0 aliphatic heterocycles. The Balaban J connectivity index is 1.89. The molecule has 1 saturated carbocycles. The molecule has 6 heteroatoms. The van der Waals surface area contributed by atoms with Gasteiger partial charge in [0.15, 0.2) is 0 Å². The molecular weight excluding hydrogens is 170 g/mol. The van der Waals surface area contributed by atoms with E-state index in [0.717, 1.165) is 12.8 Å². The van der Waals surface area contributed by atoms with Crippen molar-refractivity contribution < 1.29 is 4.79 Å². The fourth-order valence-electron chi connectivity index (χ4n) is 0.960. The van der Waals surface area contributed by atoms with Gasteiger partial charge in [-0.2, -0.15) is 10.1 Å². The summed E-state index contributed by atoms with van der Waals surface area (Å²) >= 11 is 0. The maximum absolute atomic E-state index is 11.2. The van der Waals surface area contributed by atoms with Gasteiger partial charge in [0, 0.05) is 13.1 Å². The fraction of sp³-hybridized carbons (Fsp3) is 0.571. The lowest BCUT2D eigenvalue weighted by atomic mass is 10.7. The molecule has 1 aromatic heterocycles. The van der Waals surface area contributed by atoms with Gasteiger partial charge in [-0.3, -0.25) is 5.32 Å². The van der Waals surface area contributed by atoms with E-state index in [2.05, 4.69) is 20.7 Å². The zero-order valence-corrected chi connectivity index (χ0v) is 7.32. The van der Waals surface area contributed by atoms with Crippen molar-refractivity contribution in [3.8, 4) is 0 Å². The molecule has 0 unspecified atom stereocenters. The van der Waals surface area contributed by atoms with Crippen LogP contribution in [-0.4, -0.2) is 26.8 Å². The summed E-state index contributed by atoms with van der Waals surface area (Å²) in [4.78, 5) is 15.1. The first-order valence-corrected chi connectivity index (χ1v) is 4.17. The van der Waals surface area contributed by atoms with Crippen LogP contribution in [0.2, 0.25) is 0 Å². The van der Waals surface area contributed by atoms with Gasteiger partial charge < -0.3 is 5.32 Å². The van der Waals surface area contributed by atoms with Gasteiger partial charge in [0.2, 0.25) is 5.95 Å². The van der Waals surface area contributed by atoms with Crippen molar-refractivity contribution in [2.45, 2.75) is 18.9 Å². The Morgan fingerprint density at radius 3 is 3.00 bits per heavy atom. The summed E-state index contributed by atoms with van der Waals surface area (Å²) in [5.41, 5.74) is 0. The third kappa shape index (κ3) is 1.95. The number of hydrogen-bond donors (Lipinski definition) is 2. The average molecular weight is 181 g/mol. The second-order valence-electron chi connectivity index (χ2n) is 3.08. The molecule has 1 aliphatic rings. The molecule has 2 N–H and O–H groups in total. The molecule has 2 amide bonds. The zero-order valence-electron chi connectivity index (χ0n) is 7.32. The Bertz CT molecular complexity index is 316. The van der Waals surface area contributed by atoms with Crippen molar-refractivity contribution in [3.63, 3.8) is 0 Å². The smallest absolute Gasteiger partial charge is 0.321 e. The number of rotatable bonds is 2. The topological polar surface area (TPSA) is 71.8 Å². The molecular formula is C7H11N5O. The third-order valence-corrected chi connectivity index (χ3v) is 1.85. The van der Waals surface area contributed by atoms with Crippen LogP contribution in [0, 0.1) is 0 Å². The van der Waals surface area contributed by atoms with Crippen molar-refractivity contribution in [2.75, 3.05) is 5.32 Å². The Morgan fingerprint density at radius 1 is 1.69 bits per heavy atom.